The Labute approximate surface area is 110 Å². The molecule has 2 aliphatic rings. The minimum absolute atomic E-state index is 0.121. The van der Waals surface area contributed by atoms with E-state index < -0.39 is 8.07 Å². The standard InChI is InChI=1S/C13H23N3OSi/c1-18(2,3)8-7-17-10-16-9-11-5-4-6-12(14)13(11)15-16/h4-6,9,13,15H,7-8,10,14H2,1-3H3. The monoisotopic (exact) mass is 265 g/mol. The van der Waals surface area contributed by atoms with Gasteiger partial charge in [-0.3, -0.25) is 5.01 Å². The van der Waals surface area contributed by atoms with E-state index in [0.717, 1.165) is 12.3 Å². The quantitative estimate of drug-likeness (QED) is 0.588. The van der Waals surface area contributed by atoms with E-state index >= 15 is 0 Å². The molecule has 3 N–H and O–H groups in total. The van der Waals surface area contributed by atoms with Crippen LogP contribution in [-0.4, -0.2) is 32.5 Å². The second kappa shape index (κ2) is 5.30. The lowest BCUT2D eigenvalue weighted by Crippen LogP contribution is -2.40. The summed E-state index contributed by atoms with van der Waals surface area (Å²) in [5.41, 5.74) is 11.3. The van der Waals surface area contributed by atoms with Crippen molar-refractivity contribution < 1.29 is 4.74 Å². The van der Waals surface area contributed by atoms with Gasteiger partial charge in [0, 0.05) is 26.6 Å². The Bertz CT molecular complexity index is 396. The number of ether oxygens (including phenoxy) is 1. The number of nitrogens with one attached hydrogen (secondary N) is 1. The predicted octanol–water partition coefficient (Wildman–Crippen LogP) is 1.78. The Morgan fingerprint density at radius 3 is 2.89 bits per heavy atom. The molecule has 2 rings (SSSR count). The van der Waals surface area contributed by atoms with Crippen LogP contribution in [0.5, 0.6) is 0 Å². The first-order valence-electron chi connectivity index (χ1n) is 6.42. The van der Waals surface area contributed by atoms with Crippen LogP contribution in [0.4, 0.5) is 0 Å². The lowest BCUT2D eigenvalue weighted by Gasteiger charge is -2.22. The number of hydrogen-bond donors (Lipinski definition) is 2. The molecule has 0 amide bonds. The van der Waals surface area contributed by atoms with Crippen molar-refractivity contribution in [3.05, 3.63) is 35.7 Å². The summed E-state index contributed by atoms with van der Waals surface area (Å²) in [4.78, 5) is 0. The zero-order chi connectivity index (χ0) is 13.2. The zero-order valence-corrected chi connectivity index (χ0v) is 12.4. The third kappa shape index (κ3) is 3.47. The molecule has 0 saturated heterocycles. The van der Waals surface area contributed by atoms with Crippen LogP contribution in [0.3, 0.4) is 0 Å². The molecule has 5 heteroatoms. The maximum Gasteiger partial charge on any atom is 0.132 e. The molecule has 0 aromatic carbocycles. The van der Waals surface area contributed by atoms with Gasteiger partial charge >= 0.3 is 0 Å². The normalized spacial score (nSPS) is 22.8. The van der Waals surface area contributed by atoms with Gasteiger partial charge < -0.3 is 10.5 Å². The fourth-order valence-electron chi connectivity index (χ4n) is 1.92. The Hall–Kier alpha value is -1.04. The molecular weight excluding hydrogens is 242 g/mol. The van der Waals surface area contributed by atoms with Crippen molar-refractivity contribution in [3.63, 3.8) is 0 Å². The van der Waals surface area contributed by atoms with Crippen LogP contribution >= 0.6 is 0 Å². The molecule has 0 aromatic rings. The second-order valence-corrected chi connectivity index (χ2v) is 11.7. The summed E-state index contributed by atoms with van der Waals surface area (Å²) in [7, 11) is -0.995. The number of nitrogens with two attached hydrogens (primary N) is 1. The summed E-state index contributed by atoms with van der Waals surface area (Å²) in [6.07, 6.45) is 8.06. The van der Waals surface area contributed by atoms with Crippen LogP contribution in [-0.2, 0) is 4.74 Å². The molecule has 0 aromatic heterocycles. The van der Waals surface area contributed by atoms with E-state index in [9.17, 15) is 0 Å². The molecule has 1 aliphatic heterocycles. The SMILES string of the molecule is C[Si](C)(C)CCOCN1C=C2C=CC=C(N)C2N1. The van der Waals surface area contributed by atoms with Gasteiger partial charge in [-0.2, -0.15) is 0 Å². The van der Waals surface area contributed by atoms with Crippen LogP contribution < -0.4 is 11.2 Å². The van der Waals surface area contributed by atoms with Crippen molar-refractivity contribution in [3.8, 4) is 0 Å². The van der Waals surface area contributed by atoms with Gasteiger partial charge in [-0.25, -0.2) is 5.43 Å². The van der Waals surface area contributed by atoms with Crippen molar-refractivity contribution in [2.45, 2.75) is 31.7 Å². The number of allylic oxidation sites excluding steroid dienone is 2. The number of hydrogen-bond acceptors (Lipinski definition) is 4. The molecule has 0 spiro atoms. The molecule has 4 nitrogen and oxygen atoms in total. The van der Waals surface area contributed by atoms with Gasteiger partial charge in [0.25, 0.3) is 0 Å². The van der Waals surface area contributed by atoms with Gasteiger partial charge in [0.1, 0.15) is 6.73 Å². The lowest BCUT2D eigenvalue weighted by atomic mass is 10.0. The molecule has 0 fully saturated rings. The van der Waals surface area contributed by atoms with Crippen LogP contribution in [0.25, 0.3) is 0 Å². The molecule has 0 radical (unpaired) electrons. The highest BCUT2D eigenvalue weighted by Crippen LogP contribution is 2.21. The molecule has 1 atom stereocenters. The maximum absolute atomic E-state index is 5.94. The van der Waals surface area contributed by atoms with Crippen LogP contribution in [0.1, 0.15) is 0 Å². The summed E-state index contributed by atoms with van der Waals surface area (Å²) in [5.74, 6) is 0. The fraction of sp³-hybridized carbons (Fsp3) is 0.538. The summed E-state index contributed by atoms with van der Waals surface area (Å²) in [6, 6.07) is 1.32. The summed E-state index contributed by atoms with van der Waals surface area (Å²) >= 11 is 0. The average Bonchev–Trinajstić information content (AvgIpc) is 2.68. The molecule has 1 heterocycles. The van der Waals surface area contributed by atoms with Gasteiger partial charge in [0.05, 0.1) is 6.04 Å². The van der Waals surface area contributed by atoms with E-state index in [1.807, 2.05) is 17.2 Å². The van der Waals surface area contributed by atoms with Gasteiger partial charge in [-0.15, -0.1) is 0 Å². The van der Waals surface area contributed by atoms with Crippen LogP contribution in [0.2, 0.25) is 25.7 Å². The molecule has 18 heavy (non-hydrogen) atoms. The van der Waals surface area contributed by atoms with Gasteiger partial charge in [0.15, 0.2) is 0 Å². The molecule has 0 saturated carbocycles. The van der Waals surface area contributed by atoms with E-state index in [2.05, 4.69) is 37.3 Å². The zero-order valence-electron chi connectivity index (χ0n) is 11.4. The van der Waals surface area contributed by atoms with Crippen molar-refractivity contribution >= 4 is 8.07 Å². The Kier molecular flexibility index (Phi) is 3.94. The summed E-state index contributed by atoms with van der Waals surface area (Å²) in [5, 5.41) is 1.97. The topological polar surface area (TPSA) is 50.5 Å². The Balaban J connectivity index is 1.76. The molecule has 100 valence electrons. The summed E-state index contributed by atoms with van der Waals surface area (Å²) in [6.45, 7) is 8.49. The van der Waals surface area contributed by atoms with Crippen molar-refractivity contribution in [2.75, 3.05) is 13.3 Å². The highest BCUT2D eigenvalue weighted by molar-refractivity contribution is 6.76. The molecule has 0 bridgehead atoms. The van der Waals surface area contributed by atoms with Gasteiger partial charge in [-0.1, -0.05) is 31.8 Å². The summed E-state index contributed by atoms with van der Waals surface area (Å²) < 4.78 is 5.70. The third-order valence-electron chi connectivity index (χ3n) is 3.07. The van der Waals surface area contributed by atoms with E-state index in [0.29, 0.717) is 6.73 Å². The first-order valence-corrected chi connectivity index (χ1v) is 10.1. The Morgan fingerprint density at radius 2 is 2.22 bits per heavy atom. The minimum Gasteiger partial charge on any atom is -0.400 e. The molecular formula is C13H23N3OSi. The number of rotatable bonds is 5. The van der Waals surface area contributed by atoms with E-state index in [4.69, 9.17) is 10.5 Å². The van der Waals surface area contributed by atoms with Crippen LogP contribution in [0, 0.1) is 0 Å². The minimum atomic E-state index is -0.995. The van der Waals surface area contributed by atoms with E-state index in [-0.39, 0.29) is 6.04 Å². The van der Waals surface area contributed by atoms with Gasteiger partial charge in [0.2, 0.25) is 0 Å². The highest BCUT2D eigenvalue weighted by Gasteiger charge is 2.25. The largest absolute Gasteiger partial charge is 0.400 e. The number of fused-ring (bicyclic) bond motifs is 1. The van der Waals surface area contributed by atoms with Crippen molar-refractivity contribution in [2.24, 2.45) is 5.73 Å². The predicted molar refractivity (Wildman–Crippen MR) is 77.2 cm³/mol. The lowest BCUT2D eigenvalue weighted by molar-refractivity contribution is 0.0397. The maximum atomic E-state index is 5.94. The van der Waals surface area contributed by atoms with Gasteiger partial charge in [-0.05, 0) is 17.7 Å². The smallest absolute Gasteiger partial charge is 0.132 e. The average molecular weight is 265 g/mol. The molecule has 1 unspecified atom stereocenters. The second-order valence-electron chi connectivity index (χ2n) is 6.03. The number of hydrazine groups is 1. The number of nitrogens with zero attached hydrogens (tertiary/aromatic N) is 1. The Morgan fingerprint density at radius 1 is 1.44 bits per heavy atom. The van der Waals surface area contributed by atoms with E-state index in [1.165, 1.54) is 11.6 Å². The van der Waals surface area contributed by atoms with Crippen molar-refractivity contribution in [1.82, 2.24) is 10.4 Å². The third-order valence-corrected chi connectivity index (χ3v) is 4.77. The van der Waals surface area contributed by atoms with Crippen molar-refractivity contribution in [1.29, 1.82) is 0 Å². The fourth-order valence-corrected chi connectivity index (χ4v) is 2.68. The molecule has 1 aliphatic carbocycles. The van der Waals surface area contributed by atoms with Crippen LogP contribution in [0.15, 0.2) is 35.7 Å². The first-order chi connectivity index (χ1) is 8.46. The first kappa shape index (κ1) is 13.4. The van der Waals surface area contributed by atoms with E-state index in [1.54, 1.807) is 0 Å². The highest BCUT2D eigenvalue weighted by atomic mass is 28.3.